The fourth-order valence-electron chi connectivity index (χ4n) is 0.906. The Morgan fingerprint density at radius 2 is 0.765 bits per heavy atom. The van der Waals surface area contributed by atoms with Gasteiger partial charge in [0.25, 0.3) is 0 Å². The van der Waals surface area contributed by atoms with Gasteiger partial charge >= 0.3 is 19.5 Å². The van der Waals surface area contributed by atoms with E-state index in [2.05, 4.69) is 0 Å². The average Bonchev–Trinajstić information content (AvgIpc) is 2.21. The number of benzene rings is 2. The van der Waals surface area contributed by atoms with Crippen molar-refractivity contribution in [1.29, 1.82) is 0 Å². The molecule has 0 atom stereocenters. The molecule has 0 aliphatic carbocycles. The monoisotopic (exact) mass is 320 g/mol. The molecule has 2 nitrogen and oxygen atoms in total. The first-order chi connectivity index (χ1) is 6.79. The van der Waals surface area contributed by atoms with E-state index < -0.39 is 0 Å². The molecule has 0 aliphatic rings. The van der Waals surface area contributed by atoms with Gasteiger partial charge in [-0.15, -0.1) is 0 Å². The van der Waals surface area contributed by atoms with Gasteiger partial charge in [-0.05, 0) is 24.3 Å². The van der Waals surface area contributed by atoms with E-state index >= 15 is 0 Å². The number of rotatable bonds is 0. The van der Waals surface area contributed by atoms with Crippen LogP contribution in [-0.2, 0) is 19.5 Å². The van der Waals surface area contributed by atoms with Crippen LogP contribution >= 0.6 is 0 Å². The van der Waals surface area contributed by atoms with Crippen LogP contribution in [0.15, 0.2) is 60.7 Å². The maximum Gasteiger partial charge on any atom is 2.00 e. The standard InChI is InChI=1S/2C6H7N.2ClH.Zn/c2*7-6-4-2-1-3-5-6;;;/h2*1-5H,7H2;2*1H;/q;;;;+2/p-2. The summed E-state index contributed by atoms with van der Waals surface area (Å²) in [5.41, 5.74) is 12.4. The molecule has 2 rings (SSSR count). The Kier molecular flexibility index (Phi) is 16.8. The Morgan fingerprint density at radius 1 is 0.529 bits per heavy atom. The van der Waals surface area contributed by atoms with Crippen molar-refractivity contribution in [1.82, 2.24) is 0 Å². The van der Waals surface area contributed by atoms with Crippen molar-refractivity contribution in [3.63, 3.8) is 0 Å². The maximum absolute atomic E-state index is 5.36. The third-order valence-corrected chi connectivity index (χ3v) is 1.60. The van der Waals surface area contributed by atoms with E-state index in [1.165, 1.54) is 0 Å². The topological polar surface area (TPSA) is 52.0 Å². The molecular formula is C12H14Cl2N2Zn. The Labute approximate surface area is 127 Å². The first kappa shape index (κ1) is 21.5. The minimum Gasteiger partial charge on any atom is -1.00 e. The van der Waals surface area contributed by atoms with Gasteiger partial charge in [0.1, 0.15) is 0 Å². The van der Waals surface area contributed by atoms with Crippen LogP contribution in [0.25, 0.3) is 0 Å². The van der Waals surface area contributed by atoms with Crippen LogP contribution in [-0.4, -0.2) is 0 Å². The van der Waals surface area contributed by atoms with E-state index in [0.717, 1.165) is 11.4 Å². The van der Waals surface area contributed by atoms with Crippen LogP contribution in [0.1, 0.15) is 0 Å². The summed E-state index contributed by atoms with van der Waals surface area (Å²) in [4.78, 5) is 0. The van der Waals surface area contributed by atoms with Crippen LogP contribution in [0.5, 0.6) is 0 Å². The van der Waals surface area contributed by atoms with Crippen molar-refractivity contribution in [2.24, 2.45) is 0 Å². The number of nitrogen functional groups attached to an aromatic ring is 2. The molecular weight excluding hydrogens is 308 g/mol. The van der Waals surface area contributed by atoms with Gasteiger partial charge in [-0.3, -0.25) is 0 Å². The number of hydrogen-bond donors (Lipinski definition) is 2. The predicted molar refractivity (Wildman–Crippen MR) is 61.7 cm³/mol. The summed E-state index contributed by atoms with van der Waals surface area (Å²) in [5.74, 6) is 0. The number of halogens is 2. The predicted octanol–water partition coefficient (Wildman–Crippen LogP) is -3.46. The maximum atomic E-state index is 5.36. The molecule has 2 aromatic rings. The summed E-state index contributed by atoms with van der Waals surface area (Å²) in [5, 5.41) is 0. The molecule has 4 N–H and O–H groups in total. The Hall–Kier alpha value is -0.757. The van der Waals surface area contributed by atoms with Crippen molar-refractivity contribution < 1.29 is 44.3 Å². The second kappa shape index (κ2) is 13.3. The molecule has 0 saturated carbocycles. The molecule has 0 saturated heterocycles. The van der Waals surface area contributed by atoms with Crippen molar-refractivity contribution in [3.8, 4) is 0 Å². The van der Waals surface area contributed by atoms with Crippen LogP contribution in [0.3, 0.4) is 0 Å². The number of hydrogen-bond acceptors (Lipinski definition) is 2. The molecule has 0 radical (unpaired) electrons. The molecule has 0 spiro atoms. The summed E-state index contributed by atoms with van der Waals surface area (Å²) in [6, 6.07) is 19.0. The number of nitrogens with two attached hydrogens (primary N) is 2. The van der Waals surface area contributed by atoms with E-state index in [0.29, 0.717) is 0 Å². The molecule has 17 heavy (non-hydrogen) atoms. The van der Waals surface area contributed by atoms with Gasteiger partial charge in [0.15, 0.2) is 0 Å². The minimum atomic E-state index is 0. The zero-order valence-corrected chi connectivity index (χ0v) is 13.9. The van der Waals surface area contributed by atoms with Crippen LogP contribution in [0, 0.1) is 0 Å². The van der Waals surface area contributed by atoms with E-state index in [1.807, 2.05) is 60.7 Å². The quantitative estimate of drug-likeness (QED) is 0.391. The molecule has 0 fully saturated rings. The first-order valence-electron chi connectivity index (χ1n) is 4.40. The summed E-state index contributed by atoms with van der Waals surface area (Å²) in [7, 11) is 0. The smallest absolute Gasteiger partial charge is 1.00 e. The second-order valence-electron chi connectivity index (χ2n) is 2.82. The van der Waals surface area contributed by atoms with Gasteiger partial charge < -0.3 is 36.3 Å². The summed E-state index contributed by atoms with van der Waals surface area (Å²) < 4.78 is 0. The van der Waals surface area contributed by atoms with Gasteiger partial charge in [-0.25, -0.2) is 0 Å². The minimum absolute atomic E-state index is 0. The van der Waals surface area contributed by atoms with Crippen molar-refractivity contribution >= 4 is 11.4 Å². The normalized spacial score (nSPS) is 7.06. The van der Waals surface area contributed by atoms with E-state index in [-0.39, 0.29) is 44.3 Å². The Balaban J connectivity index is -0.000000196. The summed E-state index contributed by atoms with van der Waals surface area (Å²) >= 11 is 0. The summed E-state index contributed by atoms with van der Waals surface area (Å²) in [6.07, 6.45) is 0. The van der Waals surface area contributed by atoms with Gasteiger partial charge in [0.2, 0.25) is 0 Å². The largest absolute Gasteiger partial charge is 2.00 e. The van der Waals surface area contributed by atoms with E-state index in [1.54, 1.807) is 0 Å². The molecule has 0 heterocycles. The van der Waals surface area contributed by atoms with Crippen LogP contribution in [0.4, 0.5) is 11.4 Å². The van der Waals surface area contributed by atoms with E-state index in [9.17, 15) is 0 Å². The van der Waals surface area contributed by atoms with Crippen LogP contribution in [0.2, 0.25) is 0 Å². The fraction of sp³-hybridized carbons (Fsp3) is 0. The third kappa shape index (κ3) is 11.5. The van der Waals surface area contributed by atoms with Gasteiger partial charge in [-0.2, -0.15) is 0 Å². The van der Waals surface area contributed by atoms with Crippen molar-refractivity contribution in [3.05, 3.63) is 60.7 Å². The third-order valence-electron chi connectivity index (χ3n) is 1.60. The van der Waals surface area contributed by atoms with Crippen molar-refractivity contribution in [2.75, 3.05) is 11.5 Å². The molecule has 0 aromatic heterocycles. The van der Waals surface area contributed by atoms with Crippen molar-refractivity contribution in [2.45, 2.75) is 0 Å². The number of anilines is 2. The van der Waals surface area contributed by atoms with E-state index in [4.69, 9.17) is 11.5 Å². The van der Waals surface area contributed by atoms with Gasteiger partial charge in [-0.1, -0.05) is 36.4 Å². The SMILES string of the molecule is Nc1ccccc1.Nc1ccccc1.[Cl-].[Cl-].[Zn+2]. The van der Waals surface area contributed by atoms with Gasteiger partial charge in [0, 0.05) is 11.4 Å². The molecule has 88 valence electrons. The molecule has 0 amide bonds. The zero-order valence-electron chi connectivity index (χ0n) is 9.39. The van der Waals surface area contributed by atoms with Gasteiger partial charge in [0.05, 0.1) is 0 Å². The Bertz CT molecular complexity index is 320. The fourth-order valence-corrected chi connectivity index (χ4v) is 0.906. The second-order valence-corrected chi connectivity index (χ2v) is 2.82. The number of para-hydroxylation sites is 2. The molecule has 5 heteroatoms. The zero-order chi connectivity index (χ0) is 10.2. The summed E-state index contributed by atoms with van der Waals surface area (Å²) in [6.45, 7) is 0. The molecule has 0 unspecified atom stereocenters. The molecule has 0 bridgehead atoms. The Morgan fingerprint density at radius 3 is 0.882 bits per heavy atom. The molecule has 2 aromatic carbocycles. The average molecular weight is 323 g/mol. The first-order valence-corrected chi connectivity index (χ1v) is 4.40. The molecule has 0 aliphatic heterocycles. The van der Waals surface area contributed by atoms with Crippen LogP contribution < -0.4 is 36.3 Å².